The van der Waals surface area contributed by atoms with Gasteiger partial charge >= 0.3 is 0 Å². The van der Waals surface area contributed by atoms with Gasteiger partial charge in [0.25, 0.3) is 0 Å². The van der Waals surface area contributed by atoms with Gasteiger partial charge in [-0.05, 0) is 19.3 Å². The first kappa shape index (κ1) is 9.65. The summed E-state index contributed by atoms with van der Waals surface area (Å²) < 4.78 is 5.11. The number of aryl methyl sites for hydroxylation is 1. The van der Waals surface area contributed by atoms with E-state index < -0.39 is 0 Å². The number of aromatic nitrogens is 2. The molecule has 0 saturated heterocycles. The molecule has 0 unspecified atom stereocenters. The molecule has 1 aliphatic rings. The summed E-state index contributed by atoms with van der Waals surface area (Å²) in [6.45, 7) is 0.182. The first-order chi connectivity index (χ1) is 6.90. The molecule has 4 nitrogen and oxygen atoms in total. The van der Waals surface area contributed by atoms with Crippen molar-refractivity contribution >= 4 is 0 Å². The van der Waals surface area contributed by atoms with E-state index in [0.717, 1.165) is 5.82 Å². The lowest BCUT2D eigenvalue weighted by Crippen LogP contribution is -1.95. The molecule has 1 saturated carbocycles. The maximum absolute atomic E-state index is 8.66. The molecule has 0 amide bonds. The molecule has 1 aromatic rings. The molecule has 0 spiro atoms. The van der Waals surface area contributed by atoms with Gasteiger partial charge in [-0.3, -0.25) is 0 Å². The van der Waals surface area contributed by atoms with Crippen LogP contribution in [0.2, 0.25) is 0 Å². The molecule has 0 aliphatic heterocycles. The third-order valence-electron chi connectivity index (χ3n) is 2.75. The fraction of sp³-hybridized carbons (Fsp3) is 0.800. The van der Waals surface area contributed by atoms with Crippen LogP contribution in [-0.2, 0) is 6.42 Å². The van der Waals surface area contributed by atoms with Crippen LogP contribution < -0.4 is 0 Å². The average Bonchev–Trinajstić information content (AvgIpc) is 2.85. The first-order valence-electron chi connectivity index (χ1n) is 5.33. The van der Waals surface area contributed by atoms with E-state index in [1.54, 1.807) is 0 Å². The average molecular weight is 196 g/mol. The maximum Gasteiger partial charge on any atom is 0.226 e. The van der Waals surface area contributed by atoms with Gasteiger partial charge in [0, 0.05) is 18.9 Å². The minimum Gasteiger partial charge on any atom is -0.396 e. The van der Waals surface area contributed by atoms with E-state index in [-0.39, 0.29) is 6.61 Å². The summed E-state index contributed by atoms with van der Waals surface area (Å²) in [5.41, 5.74) is 0. The molecule has 0 aromatic carbocycles. The highest BCUT2D eigenvalue weighted by Crippen LogP contribution is 2.32. The van der Waals surface area contributed by atoms with Gasteiger partial charge in [-0.1, -0.05) is 18.0 Å². The van der Waals surface area contributed by atoms with Crippen molar-refractivity contribution in [1.29, 1.82) is 0 Å². The summed E-state index contributed by atoms with van der Waals surface area (Å²) in [6.07, 6.45) is 6.34. The lowest BCUT2D eigenvalue weighted by atomic mass is 10.1. The fourth-order valence-electron chi connectivity index (χ4n) is 1.95. The fourth-order valence-corrected chi connectivity index (χ4v) is 1.95. The van der Waals surface area contributed by atoms with Gasteiger partial charge in [0.2, 0.25) is 5.89 Å². The minimum absolute atomic E-state index is 0.182. The van der Waals surface area contributed by atoms with E-state index in [1.165, 1.54) is 25.7 Å². The largest absolute Gasteiger partial charge is 0.396 e. The Kier molecular flexibility index (Phi) is 3.14. The van der Waals surface area contributed by atoms with E-state index in [2.05, 4.69) is 10.1 Å². The first-order valence-corrected chi connectivity index (χ1v) is 5.33. The molecule has 1 heterocycles. The van der Waals surface area contributed by atoms with Gasteiger partial charge in [-0.2, -0.15) is 4.98 Å². The molecule has 1 aliphatic carbocycles. The number of hydrogen-bond donors (Lipinski definition) is 1. The number of aliphatic hydroxyl groups excluding tert-OH is 1. The lowest BCUT2D eigenvalue weighted by Gasteiger charge is -1.99. The monoisotopic (exact) mass is 196 g/mol. The van der Waals surface area contributed by atoms with Crippen LogP contribution in [0.1, 0.15) is 49.7 Å². The van der Waals surface area contributed by atoms with Crippen molar-refractivity contribution < 1.29 is 9.63 Å². The highest BCUT2D eigenvalue weighted by atomic mass is 16.5. The molecule has 1 N–H and O–H groups in total. The molecular formula is C10H16N2O2. The van der Waals surface area contributed by atoms with Crippen molar-refractivity contribution in [2.24, 2.45) is 0 Å². The quantitative estimate of drug-likeness (QED) is 0.795. The highest BCUT2D eigenvalue weighted by Gasteiger charge is 2.21. The molecule has 0 radical (unpaired) electrons. The molecule has 1 aromatic heterocycles. The van der Waals surface area contributed by atoms with Gasteiger partial charge in [0.1, 0.15) is 0 Å². The topological polar surface area (TPSA) is 59.2 Å². The summed E-state index contributed by atoms with van der Waals surface area (Å²) in [4.78, 5) is 4.34. The Bertz CT molecular complexity index is 279. The van der Waals surface area contributed by atoms with Gasteiger partial charge < -0.3 is 9.63 Å². The Balaban J connectivity index is 1.94. The predicted octanol–water partition coefficient (Wildman–Crippen LogP) is 1.65. The molecule has 0 bridgehead atoms. The number of aliphatic hydroxyl groups is 1. The second-order valence-corrected chi connectivity index (χ2v) is 3.85. The highest BCUT2D eigenvalue weighted by molar-refractivity contribution is 4.97. The van der Waals surface area contributed by atoms with Crippen molar-refractivity contribution in [3.8, 4) is 0 Å². The van der Waals surface area contributed by atoms with Gasteiger partial charge in [0.15, 0.2) is 5.82 Å². The normalized spacial score (nSPS) is 17.8. The van der Waals surface area contributed by atoms with Crippen molar-refractivity contribution in [2.45, 2.75) is 44.4 Å². The smallest absolute Gasteiger partial charge is 0.226 e. The van der Waals surface area contributed by atoms with Crippen LogP contribution in [0.25, 0.3) is 0 Å². The second kappa shape index (κ2) is 4.55. The molecule has 2 rings (SSSR count). The van der Waals surface area contributed by atoms with Crippen molar-refractivity contribution in [3.63, 3.8) is 0 Å². The summed E-state index contributed by atoms with van der Waals surface area (Å²) in [6, 6.07) is 0. The van der Waals surface area contributed by atoms with Gasteiger partial charge in [-0.25, -0.2) is 0 Å². The Morgan fingerprint density at radius 3 is 2.86 bits per heavy atom. The van der Waals surface area contributed by atoms with Crippen LogP contribution in [0.5, 0.6) is 0 Å². The SMILES string of the molecule is OCCCc1nc(C2CCCC2)no1. The van der Waals surface area contributed by atoms with E-state index in [1.807, 2.05) is 0 Å². The van der Waals surface area contributed by atoms with Gasteiger partial charge in [0.05, 0.1) is 0 Å². The van der Waals surface area contributed by atoms with Crippen LogP contribution in [0, 0.1) is 0 Å². The van der Waals surface area contributed by atoms with Crippen LogP contribution in [0.15, 0.2) is 4.52 Å². The number of rotatable bonds is 4. The molecule has 14 heavy (non-hydrogen) atoms. The Morgan fingerprint density at radius 1 is 1.36 bits per heavy atom. The summed E-state index contributed by atoms with van der Waals surface area (Å²) >= 11 is 0. The predicted molar refractivity (Wildman–Crippen MR) is 50.9 cm³/mol. The zero-order chi connectivity index (χ0) is 9.80. The number of nitrogens with zero attached hydrogens (tertiary/aromatic N) is 2. The molecular weight excluding hydrogens is 180 g/mol. The molecule has 4 heteroatoms. The van der Waals surface area contributed by atoms with Crippen LogP contribution >= 0.6 is 0 Å². The zero-order valence-electron chi connectivity index (χ0n) is 8.28. The molecule has 78 valence electrons. The van der Waals surface area contributed by atoms with Crippen LogP contribution in [-0.4, -0.2) is 21.9 Å². The third-order valence-corrected chi connectivity index (χ3v) is 2.75. The zero-order valence-corrected chi connectivity index (χ0v) is 8.28. The van der Waals surface area contributed by atoms with Gasteiger partial charge in [-0.15, -0.1) is 0 Å². The maximum atomic E-state index is 8.66. The Morgan fingerprint density at radius 2 is 2.14 bits per heavy atom. The molecule has 0 atom stereocenters. The van der Waals surface area contributed by atoms with E-state index >= 15 is 0 Å². The van der Waals surface area contributed by atoms with Crippen molar-refractivity contribution in [3.05, 3.63) is 11.7 Å². The Hall–Kier alpha value is -0.900. The molecule has 1 fully saturated rings. The van der Waals surface area contributed by atoms with Crippen molar-refractivity contribution in [1.82, 2.24) is 10.1 Å². The lowest BCUT2D eigenvalue weighted by molar-refractivity contribution is 0.278. The second-order valence-electron chi connectivity index (χ2n) is 3.85. The summed E-state index contributed by atoms with van der Waals surface area (Å²) in [5, 5.41) is 12.6. The van der Waals surface area contributed by atoms with Crippen molar-refractivity contribution in [2.75, 3.05) is 6.61 Å². The van der Waals surface area contributed by atoms with Crippen LogP contribution in [0.3, 0.4) is 0 Å². The standard InChI is InChI=1S/C10H16N2O2/c13-7-3-6-9-11-10(12-14-9)8-4-1-2-5-8/h8,13H,1-7H2. The summed E-state index contributed by atoms with van der Waals surface area (Å²) in [7, 11) is 0. The van der Waals surface area contributed by atoms with E-state index in [0.29, 0.717) is 24.7 Å². The Labute approximate surface area is 83.3 Å². The van der Waals surface area contributed by atoms with E-state index in [9.17, 15) is 0 Å². The van der Waals surface area contributed by atoms with E-state index in [4.69, 9.17) is 9.63 Å². The van der Waals surface area contributed by atoms with Crippen LogP contribution in [0.4, 0.5) is 0 Å². The minimum atomic E-state index is 0.182. The summed E-state index contributed by atoms with van der Waals surface area (Å²) in [5.74, 6) is 2.05. The third kappa shape index (κ3) is 2.12. The number of hydrogen-bond acceptors (Lipinski definition) is 4.